The molecule has 2 aromatic rings. The van der Waals surface area contributed by atoms with Gasteiger partial charge in [-0.05, 0) is 32.0 Å². The number of hydrogen-bond acceptors (Lipinski definition) is 3. The van der Waals surface area contributed by atoms with Gasteiger partial charge in [-0.1, -0.05) is 0 Å². The Kier molecular flexibility index (Phi) is 3.50. The van der Waals surface area contributed by atoms with Gasteiger partial charge < -0.3 is 14.9 Å². The summed E-state index contributed by atoms with van der Waals surface area (Å²) in [7, 11) is 0. The Bertz CT molecular complexity index is 726. The maximum absolute atomic E-state index is 12.2. The molecular weight excluding hydrogens is 246 g/mol. The summed E-state index contributed by atoms with van der Waals surface area (Å²) >= 11 is 0. The first-order valence-corrected chi connectivity index (χ1v) is 6.12. The molecule has 0 spiro atoms. The number of fused-ring (bicyclic) bond motifs is 1. The van der Waals surface area contributed by atoms with Gasteiger partial charge in [-0.25, -0.2) is 0 Å². The predicted octanol–water partition coefficient (Wildman–Crippen LogP) is 0.698. The van der Waals surface area contributed by atoms with Gasteiger partial charge in [-0.15, -0.1) is 0 Å². The second kappa shape index (κ2) is 5.09. The highest BCUT2D eigenvalue weighted by molar-refractivity contribution is 5.97. The minimum atomic E-state index is -0.722. The van der Waals surface area contributed by atoms with E-state index in [1.54, 1.807) is 23.1 Å². The minimum Gasteiger partial charge on any atom is -0.339 e. The molecule has 1 amide bonds. The number of nitrogens with zero attached hydrogens (tertiary/aromatic N) is 1. The van der Waals surface area contributed by atoms with Gasteiger partial charge in [-0.3, -0.25) is 14.4 Å². The summed E-state index contributed by atoms with van der Waals surface area (Å²) in [6.07, 6.45) is 0. The number of aromatic amines is 2. The summed E-state index contributed by atoms with van der Waals surface area (Å²) in [5.74, 6) is -0.0982. The molecule has 1 heterocycles. The zero-order chi connectivity index (χ0) is 14.0. The fraction of sp³-hybridized carbons (Fsp3) is 0.308. The molecule has 0 radical (unpaired) electrons. The Balaban J connectivity index is 2.53. The maximum atomic E-state index is 12.2. The van der Waals surface area contributed by atoms with Crippen LogP contribution in [0, 0.1) is 0 Å². The third kappa shape index (κ3) is 2.42. The third-order valence-corrected chi connectivity index (χ3v) is 3.02. The molecule has 0 bridgehead atoms. The van der Waals surface area contributed by atoms with Crippen molar-refractivity contribution < 1.29 is 4.79 Å². The van der Waals surface area contributed by atoms with Gasteiger partial charge in [-0.2, -0.15) is 0 Å². The lowest BCUT2D eigenvalue weighted by Crippen LogP contribution is -2.31. The van der Waals surface area contributed by atoms with Gasteiger partial charge in [0.25, 0.3) is 5.91 Å². The lowest BCUT2D eigenvalue weighted by atomic mass is 10.1. The van der Waals surface area contributed by atoms with Gasteiger partial charge >= 0.3 is 11.1 Å². The second-order valence-corrected chi connectivity index (χ2v) is 4.15. The number of carbonyl (C=O) groups is 1. The van der Waals surface area contributed by atoms with Gasteiger partial charge in [0.1, 0.15) is 0 Å². The van der Waals surface area contributed by atoms with Crippen LogP contribution in [0.2, 0.25) is 0 Å². The molecule has 0 aliphatic carbocycles. The van der Waals surface area contributed by atoms with Crippen molar-refractivity contribution in [2.75, 3.05) is 13.1 Å². The van der Waals surface area contributed by atoms with Crippen LogP contribution in [-0.4, -0.2) is 33.9 Å². The molecule has 1 aromatic heterocycles. The van der Waals surface area contributed by atoms with Crippen molar-refractivity contribution in [3.05, 3.63) is 44.5 Å². The van der Waals surface area contributed by atoms with E-state index in [0.29, 0.717) is 29.7 Å². The molecule has 6 nitrogen and oxygen atoms in total. The third-order valence-electron chi connectivity index (χ3n) is 3.02. The van der Waals surface area contributed by atoms with Crippen LogP contribution in [0.1, 0.15) is 24.2 Å². The summed E-state index contributed by atoms with van der Waals surface area (Å²) < 4.78 is 0. The highest BCUT2D eigenvalue weighted by Crippen LogP contribution is 2.11. The predicted molar refractivity (Wildman–Crippen MR) is 72.4 cm³/mol. The molecule has 2 rings (SSSR count). The van der Waals surface area contributed by atoms with Crippen molar-refractivity contribution in [2.24, 2.45) is 0 Å². The summed E-state index contributed by atoms with van der Waals surface area (Å²) in [6, 6.07) is 4.83. The average Bonchev–Trinajstić information content (AvgIpc) is 2.41. The number of aromatic nitrogens is 2. The van der Waals surface area contributed by atoms with Crippen LogP contribution in [0.15, 0.2) is 27.8 Å². The molecule has 100 valence electrons. The Hall–Kier alpha value is -2.37. The van der Waals surface area contributed by atoms with Gasteiger partial charge in [0.2, 0.25) is 0 Å². The van der Waals surface area contributed by atoms with E-state index in [4.69, 9.17) is 0 Å². The van der Waals surface area contributed by atoms with Crippen LogP contribution in [0.3, 0.4) is 0 Å². The fourth-order valence-corrected chi connectivity index (χ4v) is 1.94. The Labute approximate surface area is 109 Å². The highest BCUT2D eigenvalue weighted by atomic mass is 16.2. The number of hydrogen-bond donors (Lipinski definition) is 2. The molecule has 0 aliphatic heterocycles. The van der Waals surface area contributed by atoms with Crippen molar-refractivity contribution in [1.29, 1.82) is 0 Å². The van der Waals surface area contributed by atoms with Crippen molar-refractivity contribution >= 4 is 16.9 Å². The van der Waals surface area contributed by atoms with Crippen LogP contribution < -0.4 is 11.1 Å². The Morgan fingerprint density at radius 3 is 2.21 bits per heavy atom. The van der Waals surface area contributed by atoms with E-state index in [0.717, 1.165) is 0 Å². The first-order chi connectivity index (χ1) is 9.06. The quantitative estimate of drug-likeness (QED) is 0.797. The van der Waals surface area contributed by atoms with E-state index in [-0.39, 0.29) is 5.91 Å². The number of rotatable bonds is 3. The van der Waals surface area contributed by atoms with E-state index < -0.39 is 11.1 Å². The molecule has 0 unspecified atom stereocenters. The number of carbonyl (C=O) groups excluding carboxylic acids is 1. The van der Waals surface area contributed by atoms with Crippen LogP contribution in [0.4, 0.5) is 0 Å². The zero-order valence-corrected chi connectivity index (χ0v) is 10.8. The van der Waals surface area contributed by atoms with Crippen molar-refractivity contribution in [2.45, 2.75) is 13.8 Å². The Morgan fingerprint density at radius 1 is 1.05 bits per heavy atom. The van der Waals surface area contributed by atoms with Crippen molar-refractivity contribution in [3.8, 4) is 0 Å². The summed E-state index contributed by atoms with van der Waals surface area (Å²) in [5, 5.41) is 0. The first-order valence-electron chi connectivity index (χ1n) is 6.12. The number of benzene rings is 1. The van der Waals surface area contributed by atoms with E-state index in [2.05, 4.69) is 9.97 Å². The molecule has 0 saturated carbocycles. The van der Waals surface area contributed by atoms with Crippen molar-refractivity contribution in [3.63, 3.8) is 0 Å². The fourth-order valence-electron chi connectivity index (χ4n) is 1.94. The molecule has 0 aliphatic rings. The molecule has 1 aromatic carbocycles. The number of H-pyrrole nitrogens is 2. The van der Waals surface area contributed by atoms with Crippen molar-refractivity contribution in [1.82, 2.24) is 14.9 Å². The highest BCUT2D eigenvalue weighted by Gasteiger charge is 2.13. The maximum Gasteiger partial charge on any atom is 0.314 e. The van der Waals surface area contributed by atoms with E-state index in [1.165, 1.54) is 0 Å². The molecule has 0 atom stereocenters. The van der Waals surface area contributed by atoms with E-state index >= 15 is 0 Å². The smallest absolute Gasteiger partial charge is 0.314 e. The average molecular weight is 261 g/mol. The topological polar surface area (TPSA) is 86.0 Å². The van der Waals surface area contributed by atoms with Crippen LogP contribution in [0.5, 0.6) is 0 Å². The zero-order valence-electron chi connectivity index (χ0n) is 10.8. The largest absolute Gasteiger partial charge is 0.339 e. The lowest BCUT2D eigenvalue weighted by Gasteiger charge is -2.18. The summed E-state index contributed by atoms with van der Waals surface area (Å²) in [6.45, 7) is 5.05. The summed E-state index contributed by atoms with van der Waals surface area (Å²) in [5.41, 5.74) is 0.0115. The molecular formula is C13H15N3O3. The minimum absolute atomic E-state index is 0.0982. The number of nitrogens with one attached hydrogen (secondary N) is 2. The van der Waals surface area contributed by atoms with Crippen LogP contribution in [0.25, 0.3) is 11.0 Å². The molecule has 0 fully saturated rings. The van der Waals surface area contributed by atoms with E-state index in [9.17, 15) is 14.4 Å². The normalized spacial score (nSPS) is 10.6. The first kappa shape index (κ1) is 13.1. The van der Waals surface area contributed by atoms with E-state index in [1.807, 2.05) is 13.8 Å². The molecule has 0 saturated heterocycles. The Morgan fingerprint density at radius 2 is 1.63 bits per heavy atom. The lowest BCUT2D eigenvalue weighted by molar-refractivity contribution is 0.0773. The van der Waals surface area contributed by atoms with Gasteiger partial charge in [0, 0.05) is 18.7 Å². The van der Waals surface area contributed by atoms with Crippen LogP contribution >= 0.6 is 0 Å². The summed E-state index contributed by atoms with van der Waals surface area (Å²) in [4.78, 5) is 41.2. The van der Waals surface area contributed by atoms with Gasteiger partial charge in [0.05, 0.1) is 11.0 Å². The van der Waals surface area contributed by atoms with Gasteiger partial charge in [0.15, 0.2) is 0 Å². The SMILES string of the molecule is CCN(CC)C(=O)c1ccc2[nH]c(=O)c(=O)[nH]c2c1. The number of amides is 1. The second-order valence-electron chi connectivity index (χ2n) is 4.15. The van der Waals surface area contributed by atoms with Crippen LogP contribution in [-0.2, 0) is 0 Å². The molecule has 19 heavy (non-hydrogen) atoms. The standard InChI is InChI=1S/C13H15N3O3/c1-3-16(4-2)13(19)8-5-6-9-10(7-8)15-12(18)11(17)14-9/h5-7H,3-4H2,1-2H3,(H,14,17)(H,15,18). The molecule has 6 heteroatoms. The monoisotopic (exact) mass is 261 g/mol. The molecule has 2 N–H and O–H groups in total.